The third-order valence-corrected chi connectivity index (χ3v) is 10.4. The minimum atomic E-state index is -3.47. The minimum absolute atomic E-state index is 0.0628. The Kier molecular flexibility index (Phi) is 11.8. The zero-order chi connectivity index (χ0) is 31.7. The summed E-state index contributed by atoms with van der Waals surface area (Å²) >= 11 is 0. The van der Waals surface area contributed by atoms with Crippen molar-refractivity contribution in [3.63, 3.8) is 0 Å². The Bertz CT molecular complexity index is 1370. The van der Waals surface area contributed by atoms with Crippen LogP contribution in [0.2, 0.25) is 0 Å². The van der Waals surface area contributed by atoms with Crippen molar-refractivity contribution in [1.29, 1.82) is 0 Å². The van der Waals surface area contributed by atoms with Crippen molar-refractivity contribution in [3.05, 3.63) is 59.2 Å². The predicted octanol–water partition coefficient (Wildman–Crippen LogP) is 7.04. The summed E-state index contributed by atoms with van der Waals surface area (Å²) in [5, 5.41) is 0. The number of rotatable bonds is 16. The van der Waals surface area contributed by atoms with Crippen LogP contribution in [-0.4, -0.2) is 57.5 Å². The average Bonchev–Trinajstić information content (AvgIpc) is 3.39. The third-order valence-electron chi connectivity index (χ3n) is 8.88. The van der Waals surface area contributed by atoms with Gasteiger partial charge in [-0.3, -0.25) is 0 Å². The molecule has 2 aromatic carbocycles. The van der Waals surface area contributed by atoms with Crippen LogP contribution >= 0.6 is 0 Å². The molecule has 2 aliphatic heterocycles. The molecule has 10 heteroatoms. The average molecular weight is 643 g/mol. The van der Waals surface area contributed by atoms with Crippen LogP contribution in [0.15, 0.2) is 47.4 Å². The van der Waals surface area contributed by atoms with Crippen LogP contribution in [0, 0.1) is 0 Å². The summed E-state index contributed by atoms with van der Waals surface area (Å²) in [5.74, 6) is 0.186. The summed E-state index contributed by atoms with van der Waals surface area (Å²) in [5.41, 5.74) is 2.99. The molecule has 2 aromatic rings. The fourth-order valence-electron chi connectivity index (χ4n) is 6.29. The molecule has 9 nitrogen and oxygen atoms in total. The zero-order valence-corrected chi connectivity index (χ0v) is 27.7. The number of amides is 1. The molecule has 0 unspecified atom stereocenters. The Balaban J connectivity index is 0.902. The van der Waals surface area contributed by atoms with Gasteiger partial charge in [0.2, 0.25) is 15.8 Å². The first kappa shape index (κ1) is 33.7. The maximum absolute atomic E-state index is 12.8. The molecular formula is C35H50N2O7S. The largest absolute Gasteiger partial charge is 0.463 e. The topological polar surface area (TPSA) is 103 Å². The normalized spacial score (nSPS) is 20.1. The first-order valence-electron chi connectivity index (χ1n) is 16.8. The number of ether oxygens (including phenoxy) is 4. The van der Waals surface area contributed by atoms with Crippen molar-refractivity contribution in [2.75, 3.05) is 26.3 Å². The van der Waals surface area contributed by atoms with Gasteiger partial charge in [0.15, 0.2) is 0 Å². The molecule has 3 aliphatic rings. The lowest BCUT2D eigenvalue weighted by Crippen LogP contribution is -2.36. The first-order valence-corrected chi connectivity index (χ1v) is 18.3. The third kappa shape index (κ3) is 9.91. The first-order chi connectivity index (χ1) is 21.7. The molecule has 0 radical (unpaired) electrons. The van der Waals surface area contributed by atoms with E-state index in [1.807, 2.05) is 50.2 Å². The molecule has 1 aliphatic carbocycles. The number of sulfonamides is 1. The number of aryl methyl sites for hydroxylation is 1. The van der Waals surface area contributed by atoms with Gasteiger partial charge in [0.05, 0.1) is 18.0 Å². The Morgan fingerprint density at radius 3 is 2.56 bits per heavy atom. The molecule has 248 valence electrons. The van der Waals surface area contributed by atoms with Gasteiger partial charge in [-0.15, -0.1) is 0 Å². The van der Waals surface area contributed by atoms with Gasteiger partial charge in [0.25, 0.3) is 0 Å². The quantitative estimate of drug-likeness (QED) is 0.196. The van der Waals surface area contributed by atoms with Gasteiger partial charge >= 0.3 is 6.09 Å². The Morgan fingerprint density at radius 2 is 1.73 bits per heavy atom. The lowest BCUT2D eigenvalue weighted by molar-refractivity contribution is -0.180. The van der Waals surface area contributed by atoms with Crippen molar-refractivity contribution in [3.8, 4) is 5.75 Å². The monoisotopic (exact) mass is 642 g/mol. The van der Waals surface area contributed by atoms with Crippen LogP contribution in [0.5, 0.6) is 5.75 Å². The van der Waals surface area contributed by atoms with E-state index in [0.717, 1.165) is 99.7 Å². The van der Waals surface area contributed by atoms with Crippen LogP contribution < -0.4 is 9.46 Å². The molecule has 1 saturated heterocycles. The van der Waals surface area contributed by atoms with E-state index in [9.17, 15) is 13.2 Å². The second kappa shape index (κ2) is 15.8. The Morgan fingerprint density at radius 1 is 0.956 bits per heavy atom. The van der Waals surface area contributed by atoms with E-state index in [1.54, 1.807) is 11.0 Å². The number of hydrogen-bond acceptors (Lipinski definition) is 7. The number of nitrogens with one attached hydrogen (secondary N) is 1. The molecule has 1 atom stereocenters. The maximum atomic E-state index is 12.8. The molecular weight excluding hydrogens is 592 g/mol. The molecule has 2 fully saturated rings. The summed E-state index contributed by atoms with van der Waals surface area (Å²) in [7, 11) is -3.47. The molecule has 1 N–H and O–H groups in total. The van der Waals surface area contributed by atoms with E-state index >= 15 is 0 Å². The van der Waals surface area contributed by atoms with Gasteiger partial charge < -0.3 is 23.8 Å². The van der Waals surface area contributed by atoms with E-state index in [2.05, 4.69) is 4.72 Å². The highest BCUT2D eigenvalue weighted by Gasteiger charge is 2.33. The van der Waals surface area contributed by atoms with Gasteiger partial charge in [0, 0.05) is 45.2 Å². The van der Waals surface area contributed by atoms with Gasteiger partial charge in [-0.2, -0.15) is 0 Å². The number of carbonyl (C=O) groups excluding carboxylic acids is 1. The predicted molar refractivity (Wildman–Crippen MR) is 173 cm³/mol. The van der Waals surface area contributed by atoms with E-state index in [4.69, 9.17) is 18.9 Å². The summed E-state index contributed by atoms with van der Waals surface area (Å²) in [4.78, 5) is 14.6. The van der Waals surface area contributed by atoms with E-state index in [0.29, 0.717) is 31.2 Å². The van der Waals surface area contributed by atoms with Crippen molar-refractivity contribution in [1.82, 2.24) is 9.62 Å². The van der Waals surface area contributed by atoms with E-state index < -0.39 is 15.8 Å². The number of nitrogens with zero attached hydrogens (tertiary/aromatic N) is 1. The van der Waals surface area contributed by atoms with E-state index in [-0.39, 0.29) is 18.2 Å². The highest BCUT2D eigenvalue weighted by Crippen LogP contribution is 2.35. The molecule has 1 amide bonds. The minimum Gasteiger partial charge on any atom is -0.463 e. The summed E-state index contributed by atoms with van der Waals surface area (Å²) in [6.07, 6.45) is 11.5. The number of fused-ring (bicyclic) bond motifs is 1. The van der Waals surface area contributed by atoms with Crippen molar-refractivity contribution < 1.29 is 32.2 Å². The zero-order valence-electron chi connectivity index (χ0n) is 26.9. The summed E-state index contributed by atoms with van der Waals surface area (Å²) in [6, 6.07) is 13.3. The summed E-state index contributed by atoms with van der Waals surface area (Å²) in [6.45, 7) is 6.97. The number of hydrogen-bond donors (Lipinski definition) is 1. The number of benzene rings is 2. The molecule has 1 saturated carbocycles. The fourth-order valence-corrected chi connectivity index (χ4v) is 7.67. The lowest BCUT2D eigenvalue weighted by atomic mass is 9.96. The van der Waals surface area contributed by atoms with Crippen LogP contribution in [0.25, 0.3) is 0 Å². The highest BCUT2D eigenvalue weighted by molar-refractivity contribution is 7.89. The number of unbranched alkanes of at least 4 members (excludes halogenated alkanes) is 4. The second-order valence-corrected chi connectivity index (χ2v) is 14.8. The fraction of sp³-hybridized carbons (Fsp3) is 0.629. The highest BCUT2D eigenvalue weighted by atomic mass is 32.2. The smallest absolute Gasteiger partial charge is 0.410 e. The molecule has 0 bridgehead atoms. The Hall–Kier alpha value is -2.66. The van der Waals surface area contributed by atoms with Gasteiger partial charge in [-0.05, 0) is 80.3 Å². The number of carbonyl (C=O) groups is 1. The number of cyclic esters (lactones) is 1. The van der Waals surface area contributed by atoms with Gasteiger partial charge in [0.1, 0.15) is 11.9 Å². The van der Waals surface area contributed by atoms with Crippen molar-refractivity contribution in [2.45, 2.75) is 120 Å². The van der Waals surface area contributed by atoms with Crippen molar-refractivity contribution >= 4 is 16.1 Å². The second-order valence-electron chi connectivity index (χ2n) is 13.1. The SMILES string of the molecule is CC1(C)OCc2cc([C@@H]3CN(CCCCCCOCCCCc4cccc(S(=O)(=O)NC5CCCCC5)c4)C(=O)O3)ccc2O1. The summed E-state index contributed by atoms with van der Waals surface area (Å²) < 4.78 is 51.7. The molecule has 2 heterocycles. The lowest BCUT2D eigenvalue weighted by Gasteiger charge is -2.32. The van der Waals surface area contributed by atoms with Gasteiger partial charge in [-0.25, -0.2) is 17.9 Å². The van der Waals surface area contributed by atoms with Crippen molar-refractivity contribution in [2.24, 2.45) is 0 Å². The molecule has 5 rings (SSSR count). The van der Waals surface area contributed by atoms with Crippen LogP contribution in [0.1, 0.15) is 107 Å². The molecule has 0 aromatic heterocycles. The van der Waals surface area contributed by atoms with Crippen LogP contribution in [0.4, 0.5) is 4.79 Å². The van der Waals surface area contributed by atoms with Crippen LogP contribution in [0.3, 0.4) is 0 Å². The van der Waals surface area contributed by atoms with E-state index in [1.165, 1.54) is 6.42 Å². The molecule has 0 spiro atoms. The maximum Gasteiger partial charge on any atom is 0.410 e. The standard InChI is InChI=1S/C35H50N2O7S/c1-35(2)42-26-29-24-28(18-19-32(29)44-35)33-25-37(34(38)43-33)20-9-3-4-10-21-41-22-11-8-13-27-14-12-17-31(23-27)45(39,40)36-30-15-6-5-7-16-30/h12,14,17-19,23-24,30,33,36H,3-11,13,15-16,20-22,25-26H2,1-2H3/t33-/m0/s1. The molecule has 45 heavy (non-hydrogen) atoms. The van der Waals surface area contributed by atoms with Crippen LogP contribution in [-0.2, 0) is 37.3 Å². The van der Waals surface area contributed by atoms with Gasteiger partial charge in [-0.1, -0.05) is 50.3 Å². The Labute approximate surface area is 269 Å².